The molecule has 2 aromatic carbocycles. The van der Waals surface area contributed by atoms with Crippen molar-refractivity contribution in [3.63, 3.8) is 0 Å². The predicted molar refractivity (Wildman–Crippen MR) is 136 cm³/mol. The van der Waals surface area contributed by atoms with Gasteiger partial charge in [0.25, 0.3) is 0 Å². The summed E-state index contributed by atoms with van der Waals surface area (Å²) in [6.07, 6.45) is -5.71. The second-order valence-electron chi connectivity index (χ2n) is 8.82. The smallest absolute Gasteiger partial charge is 0.382 e. The van der Waals surface area contributed by atoms with Gasteiger partial charge in [0.05, 0.1) is 17.3 Å². The quantitative estimate of drug-likeness (QED) is 0.360. The first-order chi connectivity index (χ1) is 18.1. The van der Waals surface area contributed by atoms with Crippen LogP contribution in [0.3, 0.4) is 0 Å². The van der Waals surface area contributed by atoms with Crippen molar-refractivity contribution >= 4 is 29.2 Å². The van der Waals surface area contributed by atoms with Gasteiger partial charge in [0, 0.05) is 23.7 Å². The molecule has 0 spiro atoms. The normalized spacial score (nSPS) is 14.8. The number of rotatable bonds is 7. The molecule has 14 heteroatoms. The van der Waals surface area contributed by atoms with E-state index in [9.17, 15) is 23.1 Å². The predicted octanol–water partition coefficient (Wildman–Crippen LogP) is 4.17. The highest BCUT2D eigenvalue weighted by molar-refractivity contribution is 6.32. The molecule has 4 aromatic rings. The lowest BCUT2D eigenvalue weighted by Crippen LogP contribution is -2.37. The summed E-state index contributed by atoms with van der Waals surface area (Å²) in [7, 11) is 0. The highest BCUT2D eigenvalue weighted by Crippen LogP contribution is 2.27. The fourth-order valence-electron chi connectivity index (χ4n) is 4.25. The van der Waals surface area contributed by atoms with Gasteiger partial charge in [-0.2, -0.15) is 22.8 Å². The first kappa shape index (κ1) is 26.3. The van der Waals surface area contributed by atoms with Gasteiger partial charge in [-0.25, -0.2) is 9.48 Å². The van der Waals surface area contributed by atoms with Crippen LogP contribution in [-0.2, 0) is 13.1 Å². The third kappa shape index (κ3) is 5.29. The lowest BCUT2D eigenvalue weighted by Gasteiger charge is -2.17. The van der Waals surface area contributed by atoms with E-state index in [1.165, 1.54) is 24.3 Å². The van der Waals surface area contributed by atoms with Crippen LogP contribution >= 0.6 is 23.2 Å². The number of halogens is 5. The van der Waals surface area contributed by atoms with Gasteiger partial charge in [-0.15, -0.1) is 10.2 Å². The maximum absolute atomic E-state index is 13.2. The van der Waals surface area contributed by atoms with Crippen molar-refractivity contribution in [1.29, 1.82) is 0 Å². The summed E-state index contributed by atoms with van der Waals surface area (Å²) in [5.41, 5.74) is 0.102. The standard InChI is InChI=1S/C24H22Cl2F3N7O2/c25-16-9-7-15(8-10-16)21-32-35(23(38)34(21)13-19(37)24(27,28)29)14-20-30-22(33-11-3-4-12-33)36(31-20)18-6-2-1-5-17(18)26/h1-2,5-10,19,37H,3-4,11-14H2. The molecule has 1 aliphatic rings. The van der Waals surface area contributed by atoms with Crippen LogP contribution in [0.25, 0.3) is 17.1 Å². The summed E-state index contributed by atoms with van der Waals surface area (Å²) < 4.78 is 42.8. The van der Waals surface area contributed by atoms with Gasteiger partial charge in [-0.3, -0.25) is 4.57 Å². The SMILES string of the molecule is O=c1n(Cc2nc(N3CCCC3)n(-c3ccccc3Cl)n2)nc(-c2ccc(Cl)cc2)n1CC(O)C(F)(F)F. The van der Waals surface area contributed by atoms with E-state index in [1.54, 1.807) is 22.9 Å². The summed E-state index contributed by atoms with van der Waals surface area (Å²) in [5, 5.41) is 19.4. The van der Waals surface area contributed by atoms with E-state index in [2.05, 4.69) is 20.1 Å². The van der Waals surface area contributed by atoms with Crippen LogP contribution in [0.15, 0.2) is 53.3 Å². The summed E-state index contributed by atoms with van der Waals surface area (Å²) in [6.45, 7) is 0.300. The molecule has 2 aromatic heterocycles. The van der Waals surface area contributed by atoms with Gasteiger partial charge in [0.2, 0.25) is 5.95 Å². The Morgan fingerprint density at radius 3 is 2.34 bits per heavy atom. The molecule has 1 unspecified atom stereocenters. The van der Waals surface area contributed by atoms with Crippen molar-refractivity contribution in [3.05, 3.63) is 74.9 Å². The minimum absolute atomic E-state index is 0.0553. The van der Waals surface area contributed by atoms with Gasteiger partial charge >= 0.3 is 11.9 Å². The Kier molecular flexibility index (Phi) is 7.21. The first-order valence-electron chi connectivity index (χ1n) is 11.8. The molecule has 3 heterocycles. The molecule has 0 amide bonds. The number of hydrogen-bond acceptors (Lipinski definition) is 6. The number of para-hydroxylation sites is 1. The molecular weight excluding hydrogens is 546 g/mol. The second-order valence-corrected chi connectivity index (χ2v) is 9.67. The zero-order valence-electron chi connectivity index (χ0n) is 19.8. The molecule has 38 heavy (non-hydrogen) atoms. The van der Waals surface area contributed by atoms with Crippen LogP contribution in [0.5, 0.6) is 0 Å². The van der Waals surface area contributed by atoms with Crippen molar-refractivity contribution < 1.29 is 18.3 Å². The van der Waals surface area contributed by atoms with E-state index in [0.717, 1.165) is 35.2 Å². The fraction of sp³-hybridized carbons (Fsp3) is 0.333. The summed E-state index contributed by atoms with van der Waals surface area (Å²) in [4.78, 5) is 19.9. The third-order valence-corrected chi connectivity index (χ3v) is 6.72. The number of anilines is 1. The number of nitrogens with zero attached hydrogens (tertiary/aromatic N) is 7. The molecule has 0 aliphatic carbocycles. The number of aliphatic hydroxyl groups excluding tert-OH is 1. The largest absolute Gasteiger partial charge is 0.416 e. The third-order valence-electron chi connectivity index (χ3n) is 6.15. The van der Waals surface area contributed by atoms with E-state index in [-0.39, 0.29) is 18.2 Å². The number of hydrogen-bond donors (Lipinski definition) is 1. The molecule has 1 aliphatic heterocycles. The summed E-state index contributed by atoms with van der Waals surface area (Å²) in [6, 6.07) is 13.2. The Hall–Kier alpha value is -3.35. The molecule has 9 nitrogen and oxygen atoms in total. The maximum Gasteiger partial charge on any atom is 0.416 e. The van der Waals surface area contributed by atoms with Gasteiger partial charge in [0.15, 0.2) is 17.8 Å². The van der Waals surface area contributed by atoms with E-state index < -0.39 is 24.5 Å². The molecule has 1 fully saturated rings. The van der Waals surface area contributed by atoms with Gasteiger partial charge in [-0.05, 0) is 49.2 Å². The molecule has 200 valence electrons. The maximum atomic E-state index is 13.2. The first-order valence-corrected chi connectivity index (χ1v) is 12.5. The zero-order chi connectivity index (χ0) is 27.0. The molecule has 1 N–H and O–H groups in total. The highest BCUT2D eigenvalue weighted by Gasteiger charge is 2.39. The van der Waals surface area contributed by atoms with Crippen LogP contribution < -0.4 is 10.6 Å². The van der Waals surface area contributed by atoms with Crippen LogP contribution in [-0.4, -0.2) is 59.6 Å². The van der Waals surface area contributed by atoms with Crippen LogP contribution in [0.1, 0.15) is 18.7 Å². The van der Waals surface area contributed by atoms with Gasteiger partial charge in [-0.1, -0.05) is 35.3 Å². The Morgan fingerprint density at radius 2 is 1.68 bits per heavy atom. The van der Waals surface area contributed by atoms with Crippen molar-refractivity contribution in [2.75, 3.05) is 18.0 Å². The van der Waals surface area contributed by atoms with E-state index in [4.69, 9.17) is 23.2 Å². The topological polar surface area (TPSA) is 94.0 Å². The minimum atomic E-state index is -4.92. The van der Waals surface area contributed by atoms with Crippen molar-refractivity contribution in [3.8, 4) is 17.1 Å². The highest BCUT2D eigenvalue weighted by atomic mass is 35.5. The van der Waals surface area contributed by atoms with Crippen molar-refractivity contribution in [2.45, 2.75) is 38.2 Å². The van der Waals surface area contributed by atoms with E-state index in [1.807, 2.05) is 6.07 Å². The number of benzene rings is 2. The Morgan fingerprint density at radius 1 is 1.00 bits per heavy atom. The monoisotopic (exact) mass is 567 g/mol. The molecule has 0 bridgehead atoms. The average Bonchev–Trinajstić information content (AvgIpc) is 3.61. The van der Waals surface area contributed by atoms with Gasteiger partial charge in [0.1, 0.15) is 6.54 Å². The minimum Gasteiger partial charge on any atom is -0.382 e. The Bertz CT molecular complexity index is 1490. The molecule has 1 atom stereocenters. The van der Waals surface area contributed by atoms with Crippen molar-refractivity contribution in [1.82, 2.24) is 29.1 Å². The van der Waals surface area contributed by atoms with Gasteiger partial charge < -0.3 is 10.0 Å². The second kappa shape index (κ2) is 10.4. The molecule has 5 rings (SSSR count). The van der Waals surface area contributed by atoms with E-state index >= 15 is 0 Å². The lowest BCUT2D eigenvalue weighted by molar-refractivity contribution is -0.207. The molecular formula is C24H22Cl2F3N7O2. The summed E-state index contributed by atoms with van der Waals surface area (Å²) >= 11 is 12.4. The summed E-state index contributed by atoms with van der Waals surface area (Å²) in [5.74, 6) is 0.710. The van der Waals surface area contributed by atoms with Crippen LogP contribution in [0.2, 0.25) is 10.0 Å². The zero-order valence-corrected chi connectivity index (χ0v) is 21.3. The van der Waals surface area contributed by atoms with Crippen molar-refractivity contribution in [2.24, 2.45) is 0 Å². The lowest BCUT2D eigenvalue weighted by atomic mass is 10.2. The Labute approximate surface area is 224 Å². The van der Waals surface area contributed by atoms with E-state index in [0.29, 0.717) is 27.2 Å². The Balaban J connectivity index is 1.56. The number of alkyl halides is 3. The number of aliphatic hydroxyl groups is 1. The van der Waals surface area contributed by atoms with Crippen LogP contribution in [0.4, 0.5) is 19.1 Å². The average molecular weight is 568 g/mol. The number of aromatic nitrogens is 6. The molecule has 0 saturated carbocycles. The molecule has 0 radical (unpaired) electrons. The molecule has 1 saturated heterocycles. The fourth-order valence-corrected chi connectivity index (χ4v) is 4.59. The van der Waals surface area contributed by atoms with Crippen LogP contribution in [0, 0.1) is 0 Å².